The molecule has 3 nitrogen and oxygen atoms in total. The number of hydrogen-bond acceptors (Lipinski definition) is 3. The summed E-state index contributed by atoms with van der Waals surface area (Å²) in [5.41, 5.74) is 0.819. The smallest absolute Gasteiger partial charge is 0.151 e. The molecule has 1 aromatic rings. The number of benzene rings is 1. The molecule has 0 bridgehead atoms. The van der Waals surface area contributed by atoms with Crippen molar-refractivity contribution in [2.24, 2.45) is 0 Å². The summed E-state index contributed by atoms with van der Waals surface area (Å²) in [5, 5.41) is 3.62. The number of nitrogens with one attached hydrogen (secondary N) is 1. The molecule has 16 heavy (non-hydrogen) atoms. The van der Waals surface area contributed by atoms with Gasteiger partial charge < -0.3 is 5.32 Å². The minimum Gasteiger partial charge on any atom is -0.384 e. The van der Waals surface area contributed by atoms with E-state index in [2.05, 4.69) is 21.2 Å². The lowest BCUT2D eigenvalue weighted by atomic mass is 10.3. The summed E-state index contributed by atoms with van der Waals surface area (Å²) in [7, 11) is -2.91. The quantitative estimate of drug-likeness (QED) is 0.905. The van der Waals surface area contributed by atoms with Crippen molar-refractivity contribution in [1.29, 1.82) is 0 Å². The summed E-state index contributed by atoms with van der Waals surface area (Å²) in [6.45, 7) is 2.04. The Morgan fingerprint density at radius 2 is 2.12 bits per heavy atom. The van der Waals surface area contributed by atoms with Crippen molar-refractivity contribution in [3.05, 3.63) is 27.7 Å². The van der Waals surface area contributed by atoms with Gasteiger partial charge in [-0.05, 0) is 34.1 Å². The Morgan fingerprint density at radius 1 is 1.44 bits per heavy atom. The van der Waals surface area contributed by atoms with Crippen molar-refractivity contribution < 1.29 is 8.42 Å². The SMILES string of the molecule is CCS(=O)(=O)CCNc1ccc(Br)c(Cl)c1. The van der Waals surface area contributed by atoms with Crippen LogP contribution >= 0.6 is 27.5 Å². The highest BCUT2D eigenvalue weighted by atomic mass is 79.9. The Morgan fingerprint density at radius 3 is 2.69 bits per heavy atom. The van der Waals surface area contributed by atoms with E-state index < -0.39 is 9.84 Å². The molecule has 0 aromatic heterocycles. The topological polar surface area (TPSA) is 46.2 Å². The molecule has 1 rings (SSSR count). The van der Waals surface area contributed by atoms with Gasteiger partial charge in [0.05, 0.1) is 10.8 Å². The Hall–Kier alpha value is -0.260. The van der Waals surface area contributed by atoms with E-state index in [1.807, 2.05) is 12.1 Å². The molecule has 0 unspecified atom stereocenters. The summed E-state index contributed by atoms with van der Waals surface area (Å²) >= 11 is 9.19. The Kier molecular flexibility index (Phi) is 5.08. The summed E-state index contributed by atoms with van der Waals surface area (Å²) in [6, 6.07) is 5.41. The van der Waals surface area contributed by atoms with Gasteiger partial charge in [0.15, 0.2) is 9.84 Å². The fourth-order valence-electron chi connectivity index (χ4n) is 1.10. The van der Waals surface area contributed by atoms with Crippen LogP contribution in [0.15, 0.2) is 22.7 Å². The second kappa shape index (κ2) is 5.89. The number of sulfone groups is 1. The number of halogens is 2. The van der Waals surface area contributed by atoms with Crippen molar-refractivity contribution in [3.8, 4) is 0 Å². The van der Waals surface area contributed by atoms with Crippen LogP contribution in [0.5, 0.6) is 0 Å². The van der Waals surface area contributed by atoms with Crippen molar-refractivity contribution in [2.45, 2.75) is 6.92 Å². The van der Waals surface area contributed by atoms with Gasteiger partial charge >= 0.3 is 0 Å². The number of hydrogen-bond donors (Lipinski definition) is 1. The molecule has 0 amide bonds. The second-order valence-corrected chi connectivity index (χ2v) is 7.03. The molecular weight excluding hydrogens is 314 g/mol. The molecule has 1 aromatic carbocycles. The van der Waals surface area contributed by atoms with Gasteiger partial charge in [0.2, 0.25) is 0 Å². The van der Waals surface area contributed by atoms with E-state index in [1.54, 1.807) is 13.0 Å². The van der Waals surface area contributed by atoms with E-state index in [1.165, 1.54) is 0 Å². The highest BCUT2D eigenvalue weighted by Gasteiger charge is 2.06. The third-order valence-corrected chi connectivity index (χ3v) is 5.04. The zero-order chi connectivity index (χ0) is 12.2. The molecule has 0 fully saturated rings. The Balaban J connectivity index is 2.53. The molecule has 0 aliphatic carbocycles. The fraction of sp³-hybridized carbons (Fsp3) is 0.400. The molecule has 0 aliphatic rings. The van der Waals surface area contributed by atoms with Crippen LogP contribution in [0.1, 0.15) is 6.92 Å². The van der Waals surface area contributed by atoms with Crippen molar-refractivity contribution >= 4 is 43.1 Å². The van der Waals surface area contributed by atoms with Crippen LogP contribution in [-0.4, -0.2) is 26.5 Å². The summed E-state index contributed by atoms with van der Waals surface area (Å²) < 4.78 is 23.3. The maximum absolute atomic E-state index is 11.2. The van der Waals surface area contributed by atoms with E-state index >= 15 is 0 Å². The van der Waals surface area contributed by atoms with Gasteiger partial charge in [-0.1, -0.05) is 18.5 Å². The first kappa shape index (κ1) is 13.8. The van der Waals surface area contributed by atoms with E-state index in [0.717, 1.165) is 10.2 Å². The molecule has 0 saturated heterocycles. The zero-order valence-electron chi connectivity index (χ0n) is 8.83. The normalized spacial score (nSPS) is 11.4. The Bertz CT molecular complexity index is 462. The Labute approximate surface area is 109 Å². The summed E-state index contributed by atoms with van der Waals surface area (Å²) in [4.78, 5) is 0. The highest BCUT2D eigenvalue weighted by molar-refractivity contribution is 9.10. The lowest BCUT2D eigenvalue weighted by Gasteiger charge is -2.07. The number of anilines is 1. The molecule has 0 atom stereocenters. The molecule has 6 heteroatoms. The first-order chi connectivity index (χ1) is 7.44. The molecular formula is C10H13BrClNO2S. The minimum absolute atomic E-state index is 0.136. The van der Waals surface area contributed by atoms with Crippen molar-refractivity contribution in [1.82, 2.24) is 0 Å². The maximum Gasteiger partial charge on any atom is 0.151 e. The van der Waals surface area contributed by atoms with Crippen LogP contribution in [0, 0.1) is 0 Å². The van der Waals surface area contributed by atoms with Crippen LogP contribution in [0.25, 0.3) is 0 Å². The lowest BCUT2D eigenvalue weighted by Crippen LogP contribution is -2.17. The van der Waals surface area contributed by atoms with Gasteiger partial charge in [0.25, 0.3) is 0 Å². The molecule has 0 radical (unpaired) electrons. The van der Waals surface area contributed by atoms with Crippen LogP contribution in [0.4, 0.5) is 5.69 Å². The van der Waals surface area contributed by atoms with Crippen molar-refractivity contribution in [2.75, 3.05) is 23.4 Å². The number of rotatable bonds is 5. The van der Waals surface area contributed by atoms with Crippen LogP contribution < -0.4 is 5.32 Å². The summed E-state index contributed by atoms with van der Waals surface area (Å²) in [6.07, 6.45) is 0. The van der Waals surface area contributed by atoms with Crippen LogP contribution in [-0.2, 0) is 9.84 Å². The van der Waals surface area contributed by atoms with Crippen LogP contribution in [0.2, 0.25) is 5.02 Å². The first-order valence-corrected chi connectivity index (χ1v) is 7.83. The third kappa shape index (κ3) is 4.31. The van der Waals surface area contributed by atoms with E-state index in [9.17, 15) is 8.42 Å². The van der Waals surface area contributed by atoms with E-state index in [-0.39, 0.29) is 11.5 Å². The third-order valence-electron chi connectivity index (χ3n) is 2.10. The molecule has 1 N–H and O–H groups in total. The zero-order valence-corrected chi connectivity index (χ0v) is 12.0. The monoisotopic (exact) mass is 325 g/mol. The van der Waals surface area contributed by atoms with Gasteiger partial charge in [-0.3, -0.25) is 0 Å². The average Bonchev–Trinajstić information content (AvgIpc) is 2.23. The van der Waals surface area contributed by atoms with E-state index in [4.69, 9.17) is 11.6 Å². The molecule has 90 valence electrons. The molecule has 0 spiro atoms. The minimum atomic E-state index is -2.91. The molecule has 0 saturated carbocycles. The lowest BCUT2D eigenvalue weighted by molar-refractivity contribution is 0.597. The summed E-state index contributed by atoms with van der Waals surface area (Å²) in [5.74, 6) is 0.312. The predicted molar refractivity (Wildman–Crippen MR) is 72.0 cm³/mol. The maximum atomic E-state index is 11.2. The highest BCUT2D eigenvalue weighted by Crippen LogP contribution is 2.25. The van der Waals surface area contributed by atoms with Gasteiger partial charge in [-0.2, -0.15) is 0 Å². The second-order valence-electron chi connectivity index (χ2n) is 3.29. The molecule has 0 heterocycles. The largest absolute Gasteiger partial charge is 0.384 e. The van der Waals surface area contributed by atoms with E-state index in [0.29, 0.717) is 11.6 Å². The predicted octanol–water partition coefficient (Wildman–Crippen LogP) is 2.95. The van der Waals surface area contributed by atoms with Gasteiger partial charge in [0.1, 0.15) is 0 Å². The van der Waals surface area contributed by atoms with Gasteiger partial charge in [-0.15, -0.1) is 0 Å². The van der Waals surface area contributed by atoms with Crippen LogP contribution in [0.3, 0.4) is 0 Å². The van der Waals surface area contributed by atoms with Gasteiger partial charge in [-0.25, -0.2) is 8.42 Å². The standard InChI is InChI=1S/C10H13BrClNO2S/c1-2-16(14,15)6-5-13-8-3-4-9(11)10(12)7-8/h3-4,7,13H,2,5-6H2,1H3. The molecule has 0 aliphatic heterocycles. The first-order valence-electron chi connectivity index (χ1n) is 4.84. The average molecular weight is 327 g/mol. The van der Waals surface area contributed by atoms with Crippen molar-refractivity contribution in [3.63, 3.8) is 0 Å². The van der Waals surface area contributed by atoms with Gasteiger partial charge in [0, 0.05) is 22.5 Å². The fourth-order valence-corrected chi connectivity index (χ4v) is 2.23.